The van der Waals surface area contributed by atoms with Gasteiger partial charge < -0.3 is 10.8 Å². The lowest BCUT2D eigenvalue weighted by Gasteiger charge is -2.04. The maximum Gasteiger partial charge on any atom is 0.337 e. The van der Waals surface area contributed by atoms with E-state index < -0.39 is 34.2 Å². The average Bonchev–Trinajstić information content (AvgIpc) is 2.02. The molecule has 0 atom stereocenters. The number of nitrogen functional groups attached to an aromatic ring is 1. The van der Waals surface area contributed by atoms with Gasteiger partial charge in [0.1, 0.15) is 11.4 Å². The standard InChI is InChI=1S/C6H5F2N3O3/c7-6(8)4-3(9)5(11(13)14)2(12)1-10-4/h1,6,12H,9H2. The molecule has 0 amide bonds. The highest BCUT2D eigenvalue weighted by molar-refractivity contribution is 5.67. The van der Waals surface area contributed by atoms with Crippen LogP contribution in [0.25, 0.3) is 0 Å². The molecule has 0 bridgehead atoms. The van der Waals surface area contributed by atoms with Gasteiger partial charge in [0.2, 0.25) is 5.75 Å². The lowest BCUT2D eigenvalue weighted by molar-refractivity contribution is -0.385. The van der Waals surface area contributed by atoms with Gasteiger partial charge in [0.15, 0.2) is 0 Å². The molecule has 0 aromatic carbocycles. The van der Waals surface area contributed by atoms with E-state index >= 15 is 0 Å². The molecule has 0 fully saturated rings. The number of hydrogen-bond acceptors (Lipinski definition) is 5. The summed E-state index contributed by atoms with van der Waals surface area (Å²) >= 11 is 0. The topological polar surface area (TPSA) is 102 Å². The second-order valence-electron chi connectivity index (χ2n) is 2.35. The summed E-state index contributed by atoms with van der Waals surface area (Å²) in [4.78, 5) is 12.4. The van der Waals surface area contributed by atoms with E-state index in [9.17, 15) is 18.9 Å². The fraction of sp³-hybridized carbons (Fsp3) is 0.167. The van der Waals surface area contributed by atoms with Gasteiger partial charge in [0.25, 0.3) is 6.43 Å². The number of nitrogens with two attached hydrogens (primary N) is 1. The Kier molecular flexibility index (Phi) is 2.45. The van der Waals surface area contributed by atoms with E-state index in [0.717, 1.165) is 0 Å². The van der Waals surface area contributed by atoms with Crippen LogP contribution in [0.3, 0.4) is 0 Å². The number of nitro groups is 1. The summed E-state index contributed by atoms with van der Waals surface area (Å²) in [7, 11) is 0. The molecule has 0 radical (unpaired) electrons. The number of aromatic nitrogens is 1. The molecular formula is C6H5F2N3O3. The molecule has 0 saturated heterocycles. The third-order valence-corrected chi connectivity index (χ3v) is 1.49. The van der Waals surface area contributed by atoms with E-state index in [2.05, 4.69) is 4.98 Å². The van der Waals surface area contributed by atoms with Crippen LogP contribution in [0.15, 0.2) is 6.20 Å². The summed E-state index contributed by atoms with van der Waals surface area (Å²) in [5.74, 6) is -0.836. The maximum atomic E-state index is 12.2. The minimum Gasteiger partial charge on any atom is -0.501 e. The smallest absolute Gasteiger partial charge is 0.337 e. The van der Waals surface area contributed by atoms with E-state index in [1.165, 1.54) is 0 Å². The highest BCUT2D eigenvalue weighted by Crippen LogP contribution is 2.36. The van der Waals surface area contributed by atoms with Crippen LogP contribution < -0.4 is 5.73 Å². The SMILES string of the molecule is Nc1c(C(F)F)ncc(O)c1[N+](=O)[O-]. The van der Waals surface area contributed by atoms with Crippen LogP contribution in [0, 0.1) is 10.1 Å². The molecule has 0 spiro atoms. The van der Waals surface area contributed by atoms with Crippen LogP contribution >= 0.6 is 0 Å². The normalized spacial score (nSPS) is 10.5. The van der Waals surface area contributed by atoms with Gasteiger partial charge in [0.05, 0.1) is 11.1 Å². The van der Waals surface area contributed by atoms with Crippen molar-refractivity contribution in [1.29, 1.82) is 0 Å². The largest absolute Gasteiger partial charge is 0.501 e. The van der Waals surface area contributed by atoms with E-state index in [4.69, 9.17) is 10.8 Å². The number of alkyl halides is 2. The van der Waals surface area contributed by atoms with Crippen molar-refractivity contribution in [1.82, 2.24) is 4.98 Å². The Morgan fingerprint density at radius 3 is 2.64 bits per heavy atom. The van der Waals surface area contributed by atoms with Crippen molar-refractivity contribution in [3.05, 3.63) is 22.0 Å². The number of pyridine rings is 1. The second kappa shape index (κ2) is 3.40. The number of anilines is 1. The van der Waals surface area contributed by atoms with Crippen LogP contribution in [0.4, 0.5) is 20.2 Å². The molecule has 1 heterocycles. The van der Waals surface area contributed by atoms with Crippen molar-refractivity contribution in [2.24, 2.45) is 0 Å². The van der Waals surface area contributed by atoms with Gasteiger partial charge in [-0.2, -0.15) is 0 Å². The van der Waals surface area contributed by atoms with Crippen molar-refractivity contribution < 1.29 is 18.8 Å². The molecule has 1 rings (SSSR count). The molecule has 3 N–H and O–H groups in total. The van der Waals surface area contributed by atoms with Crippen molar-refractivity contribution >= 4 is 11.4 Å². The molecule has 0 unspecified atom stereocenters. The third kappa shape index (κ3) is 1.53. The van der Waals surface area contributed by atoms with Gasteiger partial charge >= 0.3 is 5.69 Å². The molecule has 0 aliphatic carbocycles. The van der Waals surface area contributed by atoms with Gasteiger partial charge in [-0.25, -0.2) is 13.8 Å². The molecule has 0 aliphatic rings. The molecule has 8 heteroatoms. The van der Waals surface area contributed by atoms with Gasteiger partial charge in [-0.15, -0.1) is 0 Å². The summed E-state index contributed by atoms with van der Waals surface area (Å²) in [6.45, 7) is 0. The summed E-state index contributed by atoms with van der Waals surface area (Å²) in [6.07, 6.45) is -2.45. The first-order chi connectivity index (χ1) is 6.45. The minimum atomic E-state index is -3.02. The zero-order valence-corrected chi connectivity index (χ0v) is 6.65. The highest BCUT2D eigenvalue weighted by atomic mass is 19.3. The molecule has 1 aromatic heterocycles. The summed E-state index contributed by atoms with van der Waals surface area (Å²) in [5.41, 5.74) is 2.37. The third-order valence-electron chi connectivity index (χ3n) is 1.49. The quantitative estimate of drug-likeness (QED) is 0.558. The lowest BCUT2D eigenvalue weighted by Crippen LogP contribution is -2.03. The average molecular weight is 205 g/mol. The van der Waals surface area contributed by atoms with Crippen LogP contribution in [-0.4, -0.2) is 15.0 Å². The fourth-order valence-electron chi connectivity index (χ4n) is 0.886. The van der Waals surface area contributed by atoms with Gasteiger partial charge in [-0.05, 0) is 0 Å². The van der Waals surface area contributed by atoms with E-state index in [1.807, 2.05) is 0 Å². The molecule has 0 saturated carbocycles. The Bertz CT molecular complexity index is 383. The van der Waals surface area contributed by atoms with Crippen LogP contribution in [0.5, 0.6) is 5.75 Å². The Morgan fingerprint density at radius 2 is 2.21 bits per heavy atom. The Labute approximate surface area is 76.1 Å². The summed E-state index contributed by atoms with van der Waals surface area (Å²) in [6, 6.07) is 0. The van der Waals surface area contributed by atoms with Gasteiger partial charge in [0, 0.05) is 0 Å². The molecular weight excluding hydrogens is 200 g/mol. The molecule has 0 aliphatic heterocycles. The molecule has 14 heavy (non-hydrogen) atoms. The summed E-state index contributed by atoms with van der Waals surface area (Å²) < 4.78 is 24.3. The second-order valence-corrected chi connectivity index (χ2v) is 2.35. The van der Waals surface area contributed by atoms with Crippen LogP contribution in [-0.2, 0) is 0 Å². The first-order valence-corrected chi connectivity index (χ1v) is 3.35. The van der Waals surface area contributed by atoms with E-state index in [0.29, 0.717) is 6.20 Å². The predicted octanol–water partition coefficient (Wildman–Crippen LogP) is 1.22. The number of rotatable bonds is 2. The van der Waals surface area contributed by atoms with Gasteiger partial charge in [-0.1, -0.05) is 0 Å². The number of hydrogen-bond donors (Lipinski definition) is 2. The maximum absolute atomic E-state index is 12.2. The molecule has 6 nitrogen and oxygen atoms in total. The Morgan fingerprint density at radius 1 is 1.64 bits per heavy atom. The van der Waals surface area contributed by atoms with Crippen molar-refractivity contribution in [3.8, 4) is 5.75 Å². The van der Waals surface area contributed by atoms with E-state index in [-0.39, 0.29) is 0 Å². The van der Waals surface area contributed by atoms with Crippen molar-refractivity contribution in [2.75, 3.05) is 5.73 Å². The Balaban J connectivity index is 3.41. The molecule has 1 aromatic rings. The first-order valence-electron chi connectivity index (χ1n) is 3.35. The number of nitrogens with zero attached hydrogens (tertiary/aromatic N) is 2. The van der Waals surface area contributed by atoms with Crippen LogP contribution in [0.1, 0.15) is 12.1 Å². The highest BCUT2D eigenvalue weighted by Gasteiger charge is 2.26. The number of aromatic hydroxyl groups is 1. The van der Waals surface area contributed by atoms with Crippen molar-refractivity contribution in [2.45, 2.75) is 6.43 Å². The minimum absolute atomic E-state index is 0.565. The van der Waals surface area contributed by atoms with Crippen LogP contribution in [0.2, 0.25) is 0 Å². The molecule has 76 valence electrons. The Hall–Kier alpha value is -1.99. The monoisotopic (exact) mass is 205 g/mol. The zero-order chi connectivity index (χ0) is 10.9. The van der Waals surface area contributed by atoms with Crippen molar-refractivity contribution in [3.63, 3.8) is 0 Å². The lowest BCUT2D eigenvalue weighted by atomic mass is 10.2. The zero-order valence-electron chi connectivity index (χ0n) is 6.65. The fourth-order valence-corrected chi connectivity index (χ4v) is 0.886. The summed E-state index contributed by atoms with van der Waals surface area (Å²) in [5, 5.41) is 19.2. The number of halogens is 2. The van der Waals surface area contributed by atoms with E-state index in [1.54, 1.807) is 0 Å². The van der Waals surface area contributed by atoms with Gasteiger partial charge in [-0.3, -0.25) is 10.1 Å². The first kappa shape index (κ1) is 10.1. The predicted molar refractivity (Wildman–Crippen MR) is 41.9 cm³/mol.